The van der Waals surface area contributed by atoms with E-state index in [4.69, 9.17) is 27.9 Å². The van der Waals surface area contributed by atoms with E-state index in [-0.39, 0.29) is 47.1 Å². The van der Waals surface area contributed by atoms with Gasteiger partial charge >= 0.3 is 0 Å². The summed E-state index contributed by atoms with van der Waals surface area (Å²) in [4.78, 5) is 21.5. The Morgan fingerprint density at radius 3 is 2.41 bits per heavy atom. The number of anilines is 1. The second-order valence-electron chi connectivity index (χ2n) is 5.90. The topological polar surface area (TPSA) is 75.6 Å². The Morgan fingerprint density at radius 1 is 1.10 bits per heavy atom. The third kappa shape index (κ3) is 5.00. The van der Waals surface area contributed by atoms with Crippen LogP contribution in [0.5, 0.6) is 5.75 Å². The van der Waals surface area contributed by atoms with Crippen LogP contribution in [0.3, 0.4) is 0 Å². The average molecular weight is 436 g/mol. The molecule has 0 bridgehead atoms. The molecule has 6 nitrogen and oxygen atoms in total. The first-order chi connectivity index (χ1) is 14.0. The predicted octanol–water partition coefficient (Wildman–Crippen LogP) is 4.14. The molecule has 1 aromatic heterocycles. The highest BCUT2D eigenvalue weighted by atomic mass is 35.5. The lowest BCUT2D eigenvalue weighted by atomic mass is 10.2. The van der Waals surface area contributed by atoms with Crippen molar-refractivity contribution in [2.24, 2.45) is 0 Å². The minimum atomic E-state index is -0.660. The lowest BCUT2D eigenvalue weighted by Gasteiger charge is -2.23. The quantitative estimate of drug-likeness (QED) is 0.564. The number of hydrogen-bond acceptors (Lipinski definition) is 5. The monoisotopic (exact) mass is 435 g/mol. The van der Waals surface area contributed by atoms with Crippen molar-refractivity contribution in [1.82, 2.24) is 9.97 Å². The number of carbonyl (C=O) groups is 1. The van der Waals surface area contributed by atoms with Gasteiger partial charge in [-0.25, -0.2) is 14.4 Å². The highest BCUT2D eigenvalue weighted by Gasteiger charge is 2.25. The second kappa shape index (κ2) is 9.65. The summed E-state index contributed by atoms with van der Waals surface area (Å²) in [5.74, 6) is -1.28. The van der Waals surface area contributed by atoms with Crippen molar-refractivity contribution < 1.29 is 19.0 Å². The molecule has 0 saturated heterocycles. The van der Waals surface area contributed by atoms with Gasteiger partial charge in [0.1, 0.15) is 28.8 Å². The number of hydrogen-bond donors (Lipinski definition) is 1. The summed E-state index contributed by atoms with van der Waals surface area (Å²) in [5.41, 5.74) is 0.958. The van der Waals surface area contributed by atoms with Crippen LogP contribution >= 0.6 is 23.2 Å². The zero-order valence-electron chi connectivity index (χ0n) is 15.1. The van der Waals surface area contributed by atoms with E-state index in [0.717, 1.165) is 22.9 Å². The SMILES string of the molecule is O=C(c1c(Cl)ncnc1Cl)N(CCO)c1ccc(OCc2ccccc2)c(F)c1. The molecule has 0 aliphatic rings. The molecule has 0 aliphatic carbocycles. The molecule has 9 heteroatoms. The molecule has 1 amide bonds. The predicted molar refractivity (Wildman–Crippen MR) is 108 cm³/mol. The molecule has 0 fully saturated rings. The van der Waals surface area contributed by atoms with Gasteiger partial charge in [0.05, 0.1) is 6.61 Å². The first-order valence-corrected chi connectivity index (χ1v) is 9.32. The summed E-state index contributed by atoms with van der Waals surface area (Å²) in [6, 6.07) is 13.4. The Balaban J connectivity index is 1.84. The summed E-state index contributed by atoms with van der Waals surface area (Å²) >= 11 is 11.9. The standard InChI is InChI=1S/C20H16Cl2FN3O3/c21-18-17(19(22)25-12-24-18)20(28)26(8-9-27)14-6-7-16(15(23)10-14)29-11-13-4-2-1-3-5-13/h1-7,10,12,27H,8-9,11H2. The van der Waals surface area contributed by atoms with Gasteiger partial charge in [0, 0.05) is 18.3 Å². The van der Waals surface area contributed by atoms with Crippen molar-refractivity contribution in [3.63, 3.8) is 0 Å². The summed E-state index contributed by atoms with van der Waals surface area (Å²) in [6.45, 7) is -0.268. The van der Waals surface area contributed by atoms with Crippen molar-refractivity contribution in [3.05, 3.63) is 82.1 Å². The minimum absolute atomic E-state index is 0.0353. The van der Waals surface area contributed by atoms with Gasteiger partial charge in [-0.1, -0.05) is 53.5 Å². The van der Waals surface area contributed by atoms with Gasteiger partial charge in [-0.15, -0.1) is 0 Å². The maximum Gasteiger partial charge on any atom is 0.264 e. The molecular formula is C20H16Cl2FN3O3. The van der Waals surface area contributed by atoms with E-state index in [1.54, 1.807) is 0 Å². The molecule has 0 spiro atoms. The number of aliphatic hydroxyl groups excluding tert-OH is 1. The van der Waals surface area contributed by atoms with Gasteiger partial charge in [0.2, 0.25) is 0 Å². The summed E-state index contributed by atoms with van der Waals surface area (Å²) in [7, 11) is 0. The molecule has 2 aromatic carbocycles. The van der Waals surface area contributed by atoms with Crippen LogP contribution in [0.1, 0.15) is 15.9 Å². The summed E-state index contributed by atoms with van der Waals surface area (Å²) in [6.07, 6.45) is 1.12. The molecular weight excluding hydrogens is 420 g/mol. The molecule has 0 radical (unpaired) electrons. The molecule has 3 aromatic rings. The van der Waals surface area contributed by atoms with Gasteiger partial charge in [0.25, 0.3) is 5.91 Å². The van der Waals surface area contributed by atoms with E-state index in [9.17, 15) is 14.3 Å². The first kappa shape index (κ1) is 21.0. The van der Waals surface area contributed by atoms with Crippen LogP contribution in [0.2, 0.25) is 10.3 Å². The Bertz CT molecular complexity index is 985. The highest BCUT2D eigenvalue weighted by molar-refractivity contribution is 6.39. The van der Waals surface area contributed by atoms with E-state index < -0.39 is 11.7 Å². The van der Waals surface area contributed by atoms with Crippen molar-refractivity contribution in [1.29, 1.82) is 0 Å². The maximum atomic E-state index is 14.6. The van der Waals surface area contributed by atoms with E-state index in [1.165, 1.54) is 12.1 Å². The van der Waals surface area contributed by atoms with E-state index in [0.29, 0.717) is 0 Å². The fraction of sp³-hybridized carbons (Fsp3) is 0.150. The molecule has 29 heavy (non-hydrogen) atoms. The second-order valence-corrected chi connectivity index (χ2v) is 6.62. The number of halogens is 3. The van der Waals surface area contributed by atoms with Crippen LogP contribution < -0.4 is 9.64 Å². The largest absolute Gasteiger partial charge is 0.486 e. The average Bonchev–Trinajstić information content (AvgIpc) is 2.71. The normalized spacial score (nSPS) is 10.6. The molecule has 0 saturated carbocycles. The number of benzene rings is 2. The van der Waals surface area contributed by atoms with Crippen LogP contribution in [0.4, 0.5) is 10.1 Å². The third-order valence-corrected chi connectivity index (χ3v) is 4.57. The number of rotatable bonds is 7. The minimum Gasteiger partial charge on any atom is -0.486 e. The number of nitrogens with zero attached hydrogens (tertiary/aromatic N) is 3. The molecule has 0 unspecified atom stereocenters. The Kier molecular flexibility index (Phi) is 6.98. The van der Waals surface area contributed by atoms with Gasteiger partial charge < -0.3 is 14.7 Å². The van der Waals surface area contributed by atoms with Crippen molar-refractivity contribution >= 4 is 34.8 Å². The Labute approximate surface area is 176 Å². The maximum absolute atomic E-state index is 14.6. The van der Waals surface area contributed by atoms with Gasteiger partial charge in [-0.2, -0.15) is 0 Å². The van der Waals surface area contributed by atoms with Gasteiger partial charge in [-0.3, -0.25) is 4.79 Å². The Morgan fingerprint density at radius 2 is 1.79 bits per heavy atom. The Hall–Kier alpha value is -2.74. The number of aliphatic hydroxyl groups is 1. The van der Waals surface area contributed by atoms with E-state index in [1.807, 2.05) is 30.3 Å². The van der Waals surface area contributed by atoms with Gasteiger partial charge in [0.15, 0.2) is 11.6 Å². The smallest absolute Gasteiger partial charge is 0.264 e. The molecule has 0 atom stereocenters. The molecule has 1 N–H and O–H groups in total. The van der Waals surface area contributed by atoms with Crippen LogP contribution in [-0.4, -0.2) is 34.1 Å². The first-order valence-electron chi connectivity index (χ1n) is 8.56. The van der Waals surface area contributed by atoms with Crippen LogP contribution in [-0.2, 0) is 6.61 Å². The molecule has 1 heterocycles. The lowest BCUT2D eigenvalue weighted by molar-refractivity contribution is 0.0980. The summed E-state index contributed by atoms with van der Waals surface area (Å²) < 4.78 is 20.1. The van der Waals surface area contributed by atoms with Crippen LogP contribution in [0, 0.1) is 5.82 Å². The van der Waals surface area contributed by atoms with Crippen molar-refractivity contribution in [3.8, 4) is 5.75 Å². The third-order valence-electron chi connectivity index (χ3n) is 4.00. The fourth-order valence-electron chi connectivity index (χ4n) is 2.61. The van der Waals surface area contributed by atoms with Crippen molar-refractivity contribution in [2.45, 2.75) is 6.61 Å². The molecule has 150 valence electrons. The number of ether oxygens (including phenoxy) is 1. The fourth-order valence-corrected chi connectivity index (χ4v) is 3.09. The molecule has 3 rings (SSSR count). The zero-order chi connectivity index (χ0) is 20.8. The number of aromatic nitrogens is 2. The van der Waals surface area contributed by atoms with Crippen LogP contribution in [0.25, 0.3) is 0 Å². The highest BCUT2D eigenvalue weighted by Crippen LogP contribution is 2.28. The van der Waals surface area contributed by atoms with Gasteiger partial charge in [-0.05, 0) is 17.7 Å². The number of carbonyl (C=O) groups excluding carboxylic acids is 1. The van der Waals surface area contributed by atoms with Crippen molar-refractivity contribution in [2.75, 3.05) is 18.1 Å². The zero-order valence-corrected chi connectivity index (χ0v) is 16.6. The van der Waals surface area contributed by atoms with E-state index in [2.05, 4.69) is 9.97 Å². The molecule has 0 aliphatic heterocycles. The van der Waals surface area contributed by atoms with Crippen LogP contribution in [0.15, 0.2) is 54.9 Å². The number of amides is 1. The van der Waals surface area contributed by atoms with E-state index >= 15 is 0 Å². The lowest BCUT2D eigenvalue weighted by Crippen LogP contribution is -2.34. The summed E-state index contributed by atoms with van der Waals surface area (Å²) in [5, 5.41) is 9.08.